The van der Waals surface area contributed by atoms with Crippen LogP contribution in [0.3, 0.4) is 0 Å². The highest BCUT2D eigenvalue weighted by Crippen LogP contribution is 2.43. The van der Waals surface area contributed by atoms with Gasteiger partial charge in [0, 0.05) is 24.4 Å². The molecule has 1 amide bonds. The smallest absolute Gasteiger partial charge is 0.339 e. The number of carbonyl (C=O) groups is 2. The summed E-state index contributed by atoms with van der Waals surface area (Å²) in [5.74, 6) is 0.244. The van der Waals surface area contributed by atoms with Crippen molar-refractivity contribution in [2.24, 2.45) is 5.92 Å². The minimum absolute atomic E-state index is 0.120. The van der Waals surface area contributed by atoms with Gasteiger partial charge in [0.15, 0.2) is 0 Å². The lowest BCUT2D eigenvalue weighted by Crippen LogP contribution is -2.41. The molecule has 6 heteroatoms. The van der Waals surface area contributed by atoms with Gasteiger partial charge in [-0.15, -0.1) is 0 Å². The van der Waals surface area contributed by atoms with Gasteiger partial charge in [0.25, 0.3) is 0 Å². The number of carboxylic acids is 1. The van der Waals surface area contributed by atoms with Gasteiger partial charge in [-0.2, -0.15) is 5.10 Å². The summed E-state index contributed by atoms with van der Waals surface area (Å²) in [6.07, 6.45) is 13.5. The van der Waals surface area contributed by atoms with E-state index in [-0.39, 0.29) is 11.8 Å². The number of aromatic carboxylic acids is 1. The van der Waals surface area contributed by atoms with Gasteiger partial charge in [-0.1, -0.05) is 38.3 Å². The molecule has 3 atom stereocenters. The Labute approximate surface area is 202 Å². The second-order valence-corrected chi connectivity index (χ2v) is 10.6. The van der Waals surface area contributed by atoms with E-state index in [2.05, 4.69) is 35.1 Å². The van der Waals surface area contributed by atoms with Crippen LogP contribution in [-0.2, 0) is 4.79 Å². The molecule has 2 aliphatic carbocycles. The summed E-state index contributed by atoms with van der Waals surface area (Å²) >= 11 is 0. The van der Waals surface area contributed by atoms with Crippen LogP contribution in [0.5, 0.6) is 0 Å². The molecule has 1 N–H and O–H groups in total. The average Bonchev–Trinajstić information content (AvgIpc) is 3.42. The molecule has 0 bridgehead atoms. The molecular formula is C28H37N3O3. The quantitative estimate of drug-likeness (QED) is 0.529. The lowest BCUT2D eigenvalue weighted by molar-refractivity contribution is -0.137. The largest absolute Gasteiger partial charge is 0.478 e. The minimum atomic E-state index is -0.905. The van der Waals surface area contributed by atoms with Crippen molar-refractivity contribution in [2.75, 3.05) is 6.54 Å². The fourth-order valence-electron chi connectivity index (χ4n) is 6.21. The first kappa shape index (κ1) is 23.1. The first-order valence-corrected chi connectivity index (χ1v) is 13.3. The normalized spacial score (nSPS) is 25.0. The predicted molar refractivity (Wildman–Crippen MR) is 131 cm³/mol. The highest BCUT2D eigenvalue weighted by atomic mass is 16.4. The molecule has 3 aliphatic rings. The first-order valence-electron chi connectivity index (χ1n) is 13.3. The zero-order chi connectivity index (χ0) is 23.7. The number of benzene rings is 1. The molecule has 1 aliphatic heterocycles. The third-order valence-corrected chi connectivity index (χ3v) is 8.16. The summed E-state index contributed by atoms with van der Waals surface area (Å²) in [6.45, 7) is 3.15. The number of amides is 1. The standard InChI is InChI=1S/C28H37N3O3/c1-2-3-10-23-12-6-15-30(23)27(32)22-9-4-7-20(16-22)21-8-5-11-24(17-21)31-26(19-13-14-19)25(18-29-31)28(33)34/h5,8,11,17-20,22-23H,2-4,6-7,9-10,12-16H2,1H3,(H,33,34)/t20?,22-,23-/m0/s1. The fraction of sp³-hybridized carbons (Fsp3) is 0.607. The Kier molecular flexibility index (Phi) is 6.75. The summed E-state index contributed by atoms with van der Waals surface area (Å²) in [5, 5.41) is 14.1. The van der Waals surface area contributed by atoms with E-state index in [1.54, 1.807) is 0 Å². The molecule has 1 saturated heterocycles. The minimum Gasteiger partial charge on any atom is -0.478 e. The third kappa shape index (κ3) is 4.64. The lowest BCUT2D eigenvalue weighted by atomic mass is 9.77. The summed E-state index contributed by atoms with van der Waals surface area (Å²) in [7, 11) is 0. The summed E-state index contributed by atoms with van der Waals surface area (Å²) in [5.41, 5.74) is 3.32. The monoisotopic (exact) mass is 463 g/mol. The number of carbonyl (C=O) groups excluding carboxylic acids is 1. The van der Waals surface area contributed by atoms with Crippen LogP contribution in [0.2, 0.25) is 0 Å². The third-order valence-electron chi connectivity index (χ3n) is 8.16. The molecule has 5 rings (SSSR count). The number of rotatable bonds is 8. The van der Waals surface area contributed by atoms with Crippen molar-refractivity contribution in [3.63, 3.8) is 0 Å². The highest BCUT2D eigenvalue weighted by Gasteiger charge is 2.36. The number of nitrogens with zero attached hydrogens (tertiary/aromatic N) is 3. The van der Waals surface area contributed by atoms with Gasteiger partial charge in [-0.05, 0) is 75.0 Å². The van der Waals surface area contributed by atoms with Crippen molar-refractivity contribution < 1.29 is 14.7 Å². The van der Waals surface area contributed by atoms with Crippen LogP contribution in [0.1, 0.15) is 111 Å². The molecule has 1 aromatic heterocycles. The Morgan fingerprint density at radius 2 is 1.94 bits per heavy atom. The van der Waals surface area contributed by atoms with Gasteiger partial charge in [-0.25, -0.2) is 9.48 Å². The molecule has 2 saturated carbocycles. The van der Waals surface area contributed by atoms with E-state index >= 15 is 0 Å². The van der Waals surface area contributed by atoms with Gasteiger partial charge in [0.2, 0.25) is 5.91 Å². The number of hydrogen-bond acceptors (Lipinski definition) is 3. The number of carboxylic acid groups (broad SMARTS) is 1. The second kappa shape index (κ2) is 9.93. The summed E-state index contributed by atoms with van der Waals surface area (Å²) in [6, 6.07) is 8.85. The molecule has 182 valence electrons. The van der Waals surface area contributed by atoms with E-state index < -0.39 is 5.97 Å². The molecule has 2 aromatic rings. The molecule has 3 fully saturated rings. The van der Waals surface area contributed by atoms with Gasteiger partial charge in [-0.3, -0.25) is 4.79 Å². The SMILES string of the molecule is CCCC[C@H]1CCCN1C(=O)[C@H]1CCCC(c2cccc(-n3ncc(C(=O)O)c3C3CC3)c2)C1. The highest BCUT2D eigenvalue weighted by molar-refractivity contribution is 5.89. The second-order valence-electron chi connectivity index (χ2n) is 10.6. The Morgan fingerprint density at radius 3 is 2.71 bits per heavy atom. The Bertz CT molecular complexity index is 1040. The van der Waals surface area contributed by atoms with Crippen LogP contribution in [0.25, 0.3) is 5.69 Å². The van der Waals surface area contributed by atoms with Gasteiger partial charge in [0.1, 0.15) is 5.56 Å². The van der Waals surface area contributed by atoms with Crippen LogP contribution in [0.15, 0.2) is 30.5 Å². The molecule has 0 spiro atoms. The van der Waals surface area contributed by atoms with Crippen molar-refractivity contribution in [1.29, 1.82) is 0 Å². The zero-order valence-electron chi connectivity index (χ0n) is 20.3. The van der Waals surface area contributed by atoms with Gasteiger partial charge < -0.3 is 10.0 Å². The number of aromatic nitrogens is 2. The zero-order valence-corrected chi connectivity index (χ0v) is 20.3. The number of unbranched alkanes of at least 4 members (excludes halogenated alkanes) is 1. The first-order chi connectivity index (χ1) is 16.6. The van der Waals surface area contributed by atoms with Crippen molar-refractivity contribution in [3.8, 4) is 5.69 Å². The van der Waals surface area contributed by atoms with Crippen LogP contribution < -0.4 is 0 Å². The van der Waals surface area contributed by atoms with E-state index in [0.717, 1.165) is 75.7 Å². The van der Waals surface area contributed by atoms with Crippen molar-refractivity contribution in [1.82, 2.24) is 14.7 Å². The maximum Gasteiger partial charge on any atom is 0.339 e. The van der Waals surface area contributed by atoms with Crippen molar-refractivity contribution >= 4 is 11.9 Å². The summed E-state index contributed by atoms with van der Waals surface area (Å²) < 4.78 is 1.83. The maximum absolute atomic E-state index is 13.5. The topological polar surface area (TPSA) is 75.4 Å². The van der Waals surface area contributed by atoms with Crippen molar-refractivity contribution in [2.45, 2.75) is 95.4 Å². The average molecular weight is 464 g/mol. The van der Waals surface area contributed by atoms with Crippen molar-refractivity contribution in [3.05, 3.63) is 47.3 Å². The molecule has 6 nitrogen and oxygen atoms in total. The summed E-state index contributed by atoms with van der Waals surface area (Å²) in [4.78, 5) is 27.4. The van der Waals surface area contributed by atoms with E-state index in [0.29, 0.717) is 23.4 Å². The van der Waals surface area contributed by atoms with Gasteiger partial charge >= 0.3 is 5.97 Å². The Morgan fingerprint density at radius 1 is 1.09 bits per heavy atom. The van der Waals surface area contributed by atoms with Crippen LogP contribution in [0.4, 0.5) is 0 Å². The lowest BCUT2D eigenvalue weighted by Gasteiger charge is -2.34. The Hall–Kier alpha value is -2.63. The molecular weight excluding hydrogens is 426 g/mol. The van der Waals surface area contributed by atoms with E-state index in [4.69, 9.17) is 0 Å². The van der Waals surface area contributed by atoms with E-state index in [9.17, 15) is 14.7 Å². The number of hydrogen-bond donors (Lipinski definition) is 1. The molecule has 1 unspecified atom stereocenters. The molecule has 1 aromatic carbocycles. The Balaban J connectivity index is 1.33. The maximum atomic E-state index is 13.5. The molecule has 0 radical (unpaired) electrons. The van der Waals surface area contributed by atoms with E-state index in [1.165, 1.54) is 24.6 Å². The number of likely N-dealkylation sites (tertiary alicyclic amines) is 1. The van der Waals surface area contributed by atoms with Crippen LogP contribution in [0, 0.1) is 5.92 Å². The van der Waals surface area contributed by atoms with Crippen LogP contribution >= 0.6 is 0 Å². The van der Waals surface area contributed by atoms with Crippen LogP contribution in [-0.4, -0.2) is 44.3 Å². The molecule has 2 heterocycles. The fourth-order valence-corrected chi connectivity index (χ4v) is 6.21. The predicted octanol–water partition coefficient (Wildman–Crippen LogP) is 5.90. The van der Waals surface area contributed by atoms with Gasteiger partial charge in [0.05, 0.1) is 17.6 Å². The molecule has 34 heavy (non-hydrogen) atoms. The van der Waals surface area contributed by atoms with E-state index in [1.807, 2.05) is 10.7 Å².